The second kappa shape index (κ2) is 6.18. The molecule has 0 bridgehead atoms. The van der Waals surface area contributed by atoms with Gasteiger partial charge in [-0.15, -0.1) is 0 Å². The molecule has 2 aromatic rings. The van der Waals surface area contributed by atoms with Gasteiger partial charge in [0.05, 0.1) is 6.04 Å². The van der Waals surface area contributed by atoms with Crippen LogP contribution in [0.1, 0.15) is 54.7 Å². The van der Waals surface area contributed by atoms with E-state index in [1.54, 1.807) is 0 Å². The van der Waals surface area contributed by atoms with Crippen molar-refractivity contribution in [3.05, 3.63) is 46.6 Å². The first-order valence-electron chi connectivity index (χ1n) is 7.10. The van der Waals surface area contributed by atoms with Crippen LogP contribution in [0, 0.1) is 19.8 Å². The number of nitrogens with zero attached hydrogens (tertiary/aromatic N) is 2. The number of rotatable bonds is 5. The highest BCUT2D eigenvalue weighted by atomic mass is 16.5. The Bertz CT molecular complexity index is 575. The molecule has 4 heteroatoms. The van der Waals surface area contributed by atoms with E-state index in [1.165, 1.54) is 16.7 Å². The molecule has 1 aromatic carbocycles. The van der Waals surface area contributed by atoms with Gasteiger partial charge in [0.2, 0.25) is 5.89 Å². The maximum Gasteiger partial charge on any atom is 0.243 e. The molecule has 0 radical (unpaired) electrons. The van der Waals surface area contributed by atoms with Crippen molar-refractivity contribution in [2.24, 2.45) is 11.7 Å². The molecule has 1 atom stereocenters. The van der Waals surface area contributed by atoms with Gasteiger partial charge in [-0.25, -0.2) is 0 Å². The molecule has 0 amide bonds. The summed E-state index contributed by atoms with van der Waals surface area (Å²) in [6.45, 7) is 8.48. The van der Waals surface area contributed by atoms with Gasteiger partial charge < -0.3 is 10.3 Å². The lowest BCUT2D eigenvalue weighted by Crippen LogP contribution is -2.13. The zero-order valence-electron chi connectivity index (χ0n) is 12.7. The van der Waals surface area contributed by atoms with Crippen LogP contribution in [0.25, 0.3) is 0 Å². The van der Waals surface area contributed by atoms with Crippen molar-refractivity contribution in [3.8, 4) is 0 Å². The van der Waals surface area contributed by atoms with Gasteiger partial charge >= 0.3 is 0 Å². The average molecular weight is 273 g/mol. The number of nitrogens with two attached hydrogens (primary N) is 1. The van der Waals surface area contributed by atoms with Crippen molar-refractivity contribution in [2.75, 3.05) is 0 Å². The smallest absolute Gasteiger partial charge is 0.243 e. The number of aryl methyl sites for hydroxylation is 2. The van der Waals surface area contributed by atoms with Crippen LogP contribution in [-0.2, 0) is 6.42 Å². The molecule has 0 saturated heterocycles. The minimum Gasteiger partial charge on any atom is -0.338 e. The summed E-state index contributed by atoms with van der Waals surface area (Å²) in [6.07, 6.45) is 1.53. The first-order valence-corrected chi connectivity index (χ1v) is 7.10. The summed E-state index contributed by atoms with van der Waals surface area (Å²) in [4.78, 5) is 4.41. The molecule has 0 aliphatic carbocycles. The summed E-state index contributed by atoms with van der Waals surface area (Å²) in [5.74, 6) is 1.75. The van der Waals surface area contributed by atoms with Crippen LogP contribution in [0.3, 0.4) is 0 Å². The predicted molar refractivity (Wildman–Crippen MR) is 79.4 cm³/mol. The van der Waals surface area contributed by atoms with Gasteiger partial charge in [0, 0.05) is 6.42 Å². The first-order chi connectivity index (χ1) is 9.45. The number of hydrogen-bond acceptors (Lipinski definition) is 4. The van der Waals surface area contributed by atoms with Crippen LogP contribution in [0.15, 0.2) is 22.7 Å². The maximum absolute atomic E-state index is 6.05. The minimum atomic E-state index is -0.170. The molecule has 1 heterocycles. The fraction of sp³-hybridized carbons (Fsp3) is 0.500. The highest BCUT2D eigenvalue weighted by Gasteiger charge is 2.16. The van der Waals surface area contributed by atoms with Crippen molar-refractivity contribution < 1.29 is 4.52 Å². The predicted octanol–water partition coefficient (Wildman–Crippen LogP) is 3.32. The van der Waals surface area contributed by atoms with Gasteiger partial charge in [0.1, 0.15) is 0 Å². The largest absolute Gasteiger partial charge is 0.338 e. The Morgan fingerprint density at radius 3 is 2.60 bits per heavy atom. The Balaban J connectivity index is 2.07. The van der Waals surface area contributed by atoms with E-state index in [1.807, 2.05) is 0 Å². The van der Waals surface area contributed by atoms with Crippen molar-refractivity contribution in [3.63, 3.8) is 0 Å². The van der Waals surface area contributed by atoms with Crippen LogP contribution >= 0.6 is 0 Å². The molecule has 0 aliphatic rings. The van der Waals surface area contributed by atoms with Crippen LogP contribution in [0.5, 0.6) is 0 Å². The fourth-order valence-electron chi connectivity index (χ4n) is 2.19. The van der Waals surface area contributed by atoms with Crippen LogP contribution in [0.4, 0.5) is 0 Å². The standard InChI is InChI=1S/C16H23N3O/c1-10(2)7-14(17)16-18-15(19-20-16)9-13-6-5-11(3)12(4)8-13/h5-6,8,10,14H,7,9,17H2,1-4H3/t14-/m0/s1. The monoisotopic (exact) mass is 273 g/mol. The Hall–Kier alpha value is -1.68. The van der Waals surface area contributed by atoms with Crippen LogP contribution in [-0.4, -0.2) is 10.1 Å². The third kappa shape index (κ3) is 3.67. The van der Waals surface area contributed by atoms with E-state index in [9.17, 15) is 0 Å². The third-order valence-electron chi connectivity index (χ3n) is 3.46. The van der Waals surface area contributed by atoms with Crippen molar-refractivity contribution in [2.45, 2.75) is 46.6 Å². The van der Waals surface area contributed by atoms with Crippen molar-refractivity contribution in [1.29, 1.82) is 0 Å². The molecular weight excluding hydrogens is 250 g/mol. The summed E-state index contributed by atoms with van der Waals surface area (Å²) in [5.41, 5.74) is 9.82. The first kappa shape index (κ1) is 14.7. The van der Waals surface area contributed by atoms with E-state index in [0.717, 1.165) is 6.42 Å². The molecule has 2 N–H and O–H groups in total. The summed E-state index contributed by atoms with van der Waals surface area (Å²) in [7, 11) is 0. The number of benzene rings is 1. The van der Waals surface area contributed by atoms with Gasteiger partial charge in [-0.05, 0) is 42.9 Å². The van der Waals surface area contributed by atoms with Crippen LogP contribution in [0.2, 0.25) is 0 Å². The highest BCUT2D eigenvalue weighted by molar-refractivity contribution is 5.31. The lowest BCUT2D eigenvalue weighted by Gasteiger charge is -2.08. The molecule has 20 heavy (non-hydrogen) atoms. The van der Waals surface area contributed by atoms with E-state index in [0.29, 0.717) is 24.1 Å². The molecular formula is C16H23N3O. The summed E-state index contributed by atoms with van der Waals surface area (Å²) >= 11 is 0. The second-order valence-corrected chi connectivity index (χ2v) is 5.88. The van der Waals surface area contributed by atoms with Crippen molar-refractivity contribution in [1.82, 2.24) is 10.1 Å². The Morgan fingerprint density at radius 2 is 1.95 bits per heavy atom. The Kier molecular flexibility index (Phi) is 4.55. The molecule has 0 fully saturated rings. The molecule has 4 nitrogen and oxygen atoms in total. The zero-order chi connectivity index (χ0) is 14.7. The number of hydrogen-bond donors (Lipinski definition) is 1. The zero-order valence-corrected chi connectivity index (χ0v) is 12.7. The fourth-order valence-corrected chi connectivity index (χ4v) is 2.19. The lowest BCUT2D eigenvalue weighted by atomic mass is 10.0. The highest BCUT2D eigenvalue weighted by Crippen LogP contribution is 2.18. The van der Waals surface area contributed by atoms with Gasteiger partial charge in [0.15, 0.2) is 5.82 Å². The van der Waals surface area contributed by atoms with Gasteiger partial charge in [0.25, 0.3) is 0 Å². The minimum absolute atomic E-state index is 0.170. The molecule has 0 saturated carbocycles. The molecule has 1 aromatic heterocycles. The lowest BCUT2D eigenvalue weighted by molar-refractivity contribution is 0.333. The average Bonchev–Trinajstić information content (AvgIpc) is 2.82. The Labute approximate surface area is 120 Å². The maximum atomic E-state index is 6.05. The van der Waals surface area contributed by atoms with E-state index in [-0.39, 0.29) is 6.04 Å². The summed E-state index contributed by atoms with van der Waals surface area (Å²) < 4.78 is 5.27. The third-order valence-corrected chi connectivity index (χ3v) is 3.46. The quantitative estimate of drug-likeness (QED) is 0.907. The molecule has 0 spiro atoms. The summed E-state index contributed by atoms with van der Waals surface area (Å²) in [5, 5.41) is 4.03. The number of aromatic nitrogens is 2. The van der Waals surface area contributed by atoms with Gasteiger partial charge in [-0.1, -0.05) is 37.2 Å². The topological polar surface area (TPSA) is 64.9 Å². The molecule has 108 valence electrons. The molecule has 0 unspecified atom stereocenters. The summed E-state index contributed by atoms with van der Waals surface area (Å²) in [6, 6.07) is 6.22. The Morgan fingerprint density at radius 1 is 1.20 bits per heavy atom. The van der Waals surface area contributed by atoms with E-state index >= 15 is 0 Å². The van der Waals surface area contributed by atoms with Gasteiger partial charge in [-0.3, -0.25) is 0 Å². The molecule has 2 rings (SSSR count). The van der Waals surface area contributed by atoms with Gasteiger partial charge in [-0.2, -0.15) is 4.98 Å². The normalized spacial score (nSPS) is 12.9. The second-order valence-electron chi connectivity index (χ2n) is 5.88. The van der Waals surface area contributed by atoms with E-state index in [2.05, 4.69) is 56.0 Å². The van der Waals surface area contributed by atoms with Crippen LogP contribution < -0.4 is 5.73 Å². The van der Waals surface area contributed by atoms with E-state index < -0.39 is 0 Å². The van der Waals surface area contributed by atoms with Crippen molar-refractivity contribution >= 4 is 0 Å². The molecule has 0 aliphatic heterocycles. The van der Waals surface area contributed by atoms with E-state index in [4.69, 9.17) is 10.3 Å². The SMILES string of the molecule is Cc1ccc(Cc2noc([C@@H](N)CC(C)C)n2)cc1C.